The van der Waals surface area contributed by atoms with Crippen LogP contribution in [0.15, 0.2) is 48.5 Å². The molecule has 27 heavy (non-hydrogen) atoms. The molecule has 0 bridgehead atoms. The van der Waals surface area contributed by atoms with Gasteiger partial charge < -0.3 is 10.1 Å². The zero-order valence-electron chi connectivity index (χ0n) is 15.3. The first-order valence-electron chi connectivity index (χ1n) is 9.06. The predicted octanol–water partition coefficient (Wildman–Crippen LogP) is 2.82. The molecule has 1 heterocycles. The van der Waals surface area contributed by atoms with Gasteiger partial charge in [0.25, 0.3) is 5.91 Å². The maximum absolute atomic E-state index is 12.4. The number of fused-ring (bicyclic) bond motifs is 1. The minimum atomic E-state index is -3.38. The number of carbonyl (C=O) groups is 1. The van der Waals surface area contributed by atoms with Gasteiger partial charge in [0, 0.05) is 23.7 Å². The van der Waals surface area contributed by atoms with Crippen LogP contribution in [-0.4, -0.2) is 33.2 Å². The first-order valence-corrected chi connectivity index (χ1v) is 10.7. The third kappa shape index (κ3) is 5.23. The highest BCUT2D eigenvalue weighted by atomic mass is 32.2. The molecule has 1 aliphatic heterocycles. The second kappa shape index (κ2) is 8.43. The Balaban J connectivity index is 1.58. The third-order valence-electron chi connectivity index (χ3n) is 4.38. The number of rotatable bonds is 7. The molecule has 2 N–H and O–H groups in total. The highest BCUT2D eigenvalue weighted by molar-refractivity contribution is 7.92. The lowest BCUT2D eigenvalue weighted by atomic mass is 9.96. The highest BCUT2D eigenvalue weighted by Crippen LogP contribution is 2.26. The maximum atomic E-state index is 12.4. The molecule has 3 rings (SSSR count). The molecule has 0 aliphatic carbocycles. The van der Waals surface area contributed by atoms with E-state index in [4.69, 9.17) is 4.74 Å². The van der Waals surface area contributed by atoms with Gasteiger partial charge in [0.2, 0.25) is 10.0 Å². The van der Waals surface area contributed by atoms with E-state index in [2.05, 4.69) is 10.0 Å². The van der Waals surface area contributed by atoms with Crippen LogP contribution in [0.2, 0.25) is 0 Å². The molecule has 1 unspecified atom stereocenters. The Morgan fingerprint density at radius 1 is 1.19 bits per heavy atom. The molecule has 6 nitrogen and oxygen atoms in total. The van der Waals surface area contributed by atoms with E-state index in [0.29, 0.717) is 30.8 Å². The summed E-state index contributed by atoms with van der Waals surface area (Å²) in [5, 5.41) is 2.92. The summed E-state index contributed by atoms with van der Waals surface area (Å²) in [6.07, 6.45) is 1.38. The normalized spacial score (nSPS) is 16.1. The average Bonchev–Trinajstić information content (AvgIpc) is 2.65. The van der Waals surface area contributed by atoms with Crippen molar-refractivity contribution in [2.45, 2.75) is 19.8 Å². The lowest BCUT2D eigenvalue weighted by molar-refractivity contribution is 0.0939. The molecule has 0 spiro atoms. The van der Waals surface area contributed by atoms with E-state index in [9.17, 15) is 13.2 Å². The van der Waals surface area contributed by atoms with Gasteiger partial charge in [-0.3, -0.25) is 9.52 Å². The van der Waals surface area contributed by atoms with Gasteiger partial charge in [0.1, 0.15) is 5.75 Å². The van der Waals surface area contributed by atoms with Crippen molar-refractivity contribution in [1.82, 2.24) is 5.32 Å². The number of amides is 1. The fourth-order valence-electron chi connectivity index (χ4n) is 3.08. The van der Waals surface area contributed by atoms with Crippen molar-refractivity contribution < 1.29 is 17.9 Å². The van der Waals surface area contributed by atoms with Gasteiger partial charge in [-0.25, -0.2) is 8.42 Å². The van der Waals surface area contributed by atoms with Crippen molar-refractivity contribution in [1.29, 1.82) is 0 Å². The summed E-state index contributed by atoms with van der Waals surface area (Å²) >= 11 is 0. The smallest absolute Gasteiger partial charge is 0.251 e. The van der Waals surface area contributed by atoms with Gasteiger partial charge in [0.05, 0.1) is 12.4 Å². The Morgan fingerprint density at radius 2 is 2.00 bits per heavy atom. The molecule has 2 aromatic rings. The van der Waals surface area contributed by atoms with Crippen molar-refractivity contribution in [3.05, 3.63) is 59.7 Å². The number of para-hydroxylation sites is 1. The molecular formula is C20H24N2O4S. The molecule has 2 aromatic carbocycles. The Hall–Kier alpha value is -2.54. The van der Waals surface area contributed by atoms with Gasteiger partial charge in [-0.15, -0.1) is 0 Å². The van der Waals surface area contributed by atoms with Gasteiger partial charge >= 0.3 is 0 Å². The van der Waals surface area contributed by atoms with Crippen LogP contribution in [0.4, 0.5) is 5.69 Å². The van der Waals surface area contributed by atoms with Crippen LogP contribution in [0.5, 0.6) is 5.75 Å². The van der Waals surface area contributed by atoms with Gasteiger partial charge in [-0.2, -0.15) is 0 Å². The van der Waals surface area contributed by atoms with Gasteiger partial charge in [-0.1, -0.05) is 31.2 Å². The molecule has 1 atom stereocenters. The Kier molecular flexibility index (Phi) is 6.01. The standard InChI is InChI=1S/C20H24N2O4S/c1-2-10-27(24,25)22-18-8-5-7-17(12-18)20(23)21-13-15-11-16-6-3-4-9-19(16)26-14-15/h3-9,12,15,22H,2,10-11,13-14H2,1H3,(H,21,23). The Bertz CT molecular complexity index is 912. The van der Waals surface area contributed by atoms with E-state index in [1.54, 1.807) is 31.2 Å². The Labute approximate surface area is 160 Å². The van der Waals surface area contributed by atoms with Crippen molar-refractivity contribution >= 4 is 21.6 Å². The number of ether oxygens (including phenoxy) is 1. The van der Waals surface area contributed by atoms with Crippen LogP contribution >= 0.6 is 0 Å². The molecule has 0 saturated heterocycles. The van der Waals surface area contributed by atoms with E-state index in [1.165, 1.54) is 0 Å². The lowest BCUT2D eigenvalue weighted by Gasteiger charge is -2.25. The van der Waals surface area contributed by atoms with Gasteiger partial charge in [0.15, 0.2) is 0 Å². The van der Waals surface area contributed by atoms with E-state index >= 15 is 0 Å². The molecule has 1 aliphatic rings. The van der Waals surface area contributed by atoms with Crippen LogP contribution < -0.4 is 14.8 Å². The number of benzene rings is 2. The van der Waals surface area contributed by atoms with E-state index < -0.39 is 10.0 Å². The average molecular weight is 388 g/mol. The molecule has 0 fully saturated rings. The van der Waals surface area contributed by atoms with Crippen molar-refractivity contribution in [3.8, 4) is 5.75 Å². The molecule has 144 valence electrons. The highest BCUT2D eigenvalue weighted by Gasteiger charge is 2.20. The third-order valence-corrected chi connectivity index (χ3v) is 5.87. The predicted molar refractivity (Wildman–Crippen MR) is 106 cm³/mol. The van der Waals surface area contributed by atoms with Crippen LogP contribution in [0.3, 0.4) is 0 Å². The number of hydrogen-bond acceptors (Lipinski definition) is 4. The number of carbonyl (C=O) groups excluding carboxylic acids is 1. The van der Waals surface area contributed by atoms with E-state index in [1.807, 2.05) is 24.3 Å². The summed E-state index contributed by atoms with van der Waals surface area (Å²) in [7, 11) is -3.38. The van der Waals surface area contributed by atoms with Gasteiger partial charge in [-0.05, 0) is 42.7 Å². The minimum Gasteiger partial charge on any atom is -0.493 e. The zero-order valence-corrected chi connectivity index (χ0v) is 16.1. The second-order valence-electron chi connectivity index (χ2n) is 6.70. The number of nitrogens with one attached hydrogen (secondary N) is 2. The summed E-state index contributed by atoms with van der Waals surface area (Å²) in [4.78, 5) is 12.4. The van der Waals surface area contributed by atoms with Crippen molar-refractivity contribution in [2.75, 3.05) is 23.6 Å². The summed E-state index contributed by atoms with van der Waals surface area (Å²) in [6.45, 7) is 2.86. The summed E-state index contributed by atoms with van der Waals surface area (Å²) in [6, 6.07) is 14.4. The molecule has 0 aromatic heterocycles. The minimum absolute atomic E-state index is 0.0482. The molecule has 1 amide bonds. The van der Waals surface area contributed by atoms with E-state index in [0.717, 1.165) is 17.7 Å². The number of hydrogen-bond donors (Lipinski definition) is 2. The van der Waals surface area contributed by atoms with Crippen molar-refractivity contribution in [2.24, 2.45) is 5.92 Å². The van der Waals surface area contributed by atoms with Crippen LogP contribution in [0.25, 0.3) is 0 Å². The monoisotopic (exact) mass is 388 g/mol. The molecule has 7 heteroatoms. The first-order chi connectivity index (χ1) is 13.0. The SMILES string of the molecule is CCCS(=O)(=O)Nc1cccc(C(=O)NCC2COc3ccccc3C2)c1. The maximum Gasteiger partial charge on any atom is 0.251 e. The number of anilines is 1. The fourth-order valence-corrected chi connectivity index (χ4v) is 4.21. The van der Waals surface area contributed by atoms with Crippen LogP contribution in [-0.2, 0) is 16.4 Å². The molecule has 0 radical (unpaired) electrons. The zero-order chi connectivity index (χ0) is 19.3. The summed E-state index contributed by atoms with van der Waals surface area (Å²) in [5.74, 6) is 0.930. The fraction of sp³-hybridized carbons (Fsp3) is 0.350. The number of sulfonamides is 1. The van der Waals surface area contributed by atoms with Crippen molar-refractivity contribution in [3.63, 3.8) is 0 Å². The Morgan fingerprint density at radius 3 is 2.81 bits per heavy atom. The first kappa shape index (κ1) is 19.2. The van der Waals surface area contributed by atoms with Crippen LogP contribution in [0, 0.1) is 5.92 Å². The second-order valence-corrected chi connectivity index (χ2v) is 8.54. The summed E-state index contributed by atoms with van der Waals surface area (Å²) in [5.41, 5.74) is 1.96. The largest absolute Gasteiger partial charge is 0.493 e. The summed E-state index contributed by atoms with van der Waals surface area (Å²) < 4.78 is 32.0. The topological polar surface area (TPSA) is 84.5 Å². The molecular weight excluding hydrogens is 364 g/mol. The van der Waals surface area contributed by atoms with Crippen LogP contribution in [0.1, 0.15) is 29.3 Å². The molecule has 0 saturated carbocycles. The quantitative estimate of drug-likeness (QED) is 0.764. The van der Waals surface area contributed by atoms with E-state index in [-0.39, 0.29) is 17.6 Å². The lowest BCUT2D eigenvalue weighted by Crippen LogP contribution is -2.34.